The summed E-state index contributed by atoms with van der Waals surface area (Å²) in [4.78, 5) is 22.6. The summed E-state index contributed by atoms with van der Waals surface area (Å²) in [5, 5.41) is 18.4. The number of hydrogen-bond acceptors (Lipinski definition) is 2. The zero-order valence-electron chi connectivity index (χ0n) is 14.4. The Hall–Kier alpha value is 0.200. The molecule has 0 radical (unpaired) electrons. The SMILES string of the molecule is CCCCCCCCC(C(=O)O)(C(=O)O)C(C)C.[Ca+2].[H-].[H-]. The molecule has 110 valence electrons. The number of carboxylic acids is 2. The number of unbranched alkanes of at least 4 members (excludes halogenated alkanes) is 5. The van der Waals surface area contributed by atoms with Crippen molar-refractivity contribution in [2.75, 3.05) is 0 Å². The monoisotopic (exact) mass is 300 g/mol. The van der Waals surface area contributed by atoms with Crippen molar-refractivity contribution >= 4 is 49.7 Å². The first kappa shape index (κ1) is 21.5. The fourth-order valence-corrected chi connectivity index (χ4v) is 2.27. The molecule has 0 fully saturated rings. The Morgan fingerprint density at radius 1 is 1.00 bits per heavy atom. The Kier molecular flexibility index (Phi) is 12.4. The summed E-state index contributed by atoms with van der Waals surface area (Å²) in [6.45, 7) is 5.47. The minimum absolute atomic E-state index is 0. The summed E-state index contributed by atoms with van der Waals surface area (Å²) in [5.74, 6) is -2.82. The van der Waals surface area contributed by atoms with Crippen molar-refractivity contribution in [3.05, 3.63) is 0 Å². The summed E-state index contributed by atoms with van der Waals surface area (Å²) in [6.07, 6.45) is 6.36. The molecule has 19 heavy (non-hydrogen) atoms. The molecule has 0 aliphatic heterocycles. The molecule has 0 spiro atoms. The van der Waals surface area contributed by atoms with Crippen LogP contribution in [0.4, 0.5) is 0 Å². The molecule has 0 aliphatic rings. The van der Waals surface area contributed by atoms with Gasteiger partial charge in [-0.25, -0.2) is 0 Å². The molecular weight excluding hydrogens is 272 g/mol. The number of hydrogen-bond donors (Lipinski definition) is 2. The van der Waals surface area contributed by atoms with Gasteiger partial charge in [-0.1, -0.05) is 59.3 Å². The van der Waals surface area contributed by atoms with Gasteiger partial charge in [0.05, 0.1) is 0 Å². The number of carboxylic acid groups (broad SMARTS) is 2. The fraction of sp³-hybridized carbons (Fsp3) is 0.857. The van der Waals surface area contributed by atoms with Crippen LogP contribution in [0.25, 0.3) is 0 Å². The zero-order valence-corrected chi connectivity index (χ0v) is 14.7. The van der Waals surface area contributed by atoms with Crippen molar-refractivity contribution in [2.24, 2.45) is 11.3 Å². The van der Waals surface area contributed by atoms with Crippen molar-refractivity contribution in [3.8, 4) is 0 Å². The molecule has 5 heteroatoms. The van der Waals surface area contributed by atoms with E-state index in [-0.39, 0.29) is 47.0 Å². The minimum Gasteiger partial charge on any atom is -1.00 e. The molecule has 0 atom stereocenters. The van der Waals surface area contributed by atoms with Gasteiger partial charge in [-0.15, -0.1) is 0 Å². The van der Waals surface area contributed by atoms with E-state index in [1.165, 1.54) is 12.8 Å². The van der Waals surface area contributed by atoms with Gasteiger partial charge in [-0.2, -0.15) is 0 Å². The minimum atomic E-state index is -1.62. The Labute approximate surface area is 148 Å². The molecule has 0 aromatic heterocycles. The van der Waals surface area contributed by atoms with E-state index in [2.05, 4.69) is 6.92 Å². The molecule has 0 amide bonds. The van der Waals surface area contributed by atoms with Gasteiger partial charge in [0, 0.05) is 0 Å². The fourth-order valence-electron chi connectivity index (χ4n) is 2.27. The quantitative estimate of drug-likeness (QED) is 0.368. The van der Waals surface area contributed by atoms with E-state index in [0.29, 0.717) is 6.42 Å². The molecular formula is C14H28CaO4. The van der Waals surface area contributed by atoms with Gasteiger partial charge >= 0.3 is 49.7 Å². The molecule has 0 aromatic carbocycles. The predicted molar refractivity (Wildman–Crippen MR) is 78.5 cm³/mol. The Morgan fingerprint density at radius 2 is 1.42 bits per heavy atom. The molecule has 0 saturated heterocycles. The van der Waals surface area contributed by atoms with Gasteiger partial charge in [0.2, 0.25) is 0 Å². The Balaban J connectivity index is -0.000000482. The second-order valence-electron chi connectivity index (χ2n) is 5.25. The van der Waals surface area contributed by atoms with E-state index in [4.69, 9.17) is 0 Å². The molecule has 0 rings (SSSR count). The van der Waals surface area contributed by atoms with Crippen molar-refractivity contribution in [1.82, 2.24) is 0 Å². The molecule has 0 aromatic rings. The van der Waals surface area contributed by atoms with Crippen LogP contribution in [-0.4, -0.2) is 59.9 Å². The summed E-state index contributed by atoms with van der Waals surface area (Å²) < 4.78 is 0. The molecule has 0 bridgehead atoms. The van der Waals surface area contributed by atoms with E-state index in [9.17, 15) is 19.8 Å². The van der Waals surface area contributed by atoms with Gasteiger partial charge in [-0.05, 0) is 12.3 Å². The van der Waals surface area contributed by atoms with Gasteiger partial charge in [-0.3, -0.25) is 9.59 Å². The van der Waals surface area contributed by atoms with Gasteiger partial charge in [0.15, 0.2) is 5.41 Å². The molecule has 0 saturated carbocycles. The van der Waals surface area contributed by atoms with Gasteiger partial charge < -0.3 is 13.1 Å². The second-order valence-corrected chi connectivity index (χ2v) is 5.25. The van der Waals surface area contributed by atoms with Crippen LogP contribution in [0.1, 0.15) is 68.6 Å². The van der Waals surface area contributed by atoms with Crippen molar-refractivity contribution in [1.29, 1.82) is 0 Å². The first-order valence-corrected chi connectivity index (χ1v) is 6.86. The molecule has 0 aliphatic carbocycles. The topological polar surface area (TPSA) is 74.6 Å². The molecule has 0 unspecified atom stereocenters. The normalized spacial score (nSPS) is 11.2. The van der Waals surface area contributed by atoms with E-state index in [1.807, 2.05) is 0 Å². The summed E-state index contributed by atoms with van der Waals surface area (Å²) in [7, 11) is 0. The van der Waals surface area contributed by atoms with Gasteiger partial charge in [0.1, 0.15) is 0 Å². The van der Waals surface area contributed by atoms with Crippen LogP contribution in [0.15, 0.2) is 0 Å². The standard InChI is InChI=1S/C14H26O4.Ca.2H/c1-4-5-6-7-8-9-10-14(11(2)3,12(15)16)13(17)18;;;/h11H,4-10H2,1-3H3,(H,15,16)(H,17,18);;;/q;+2;2*-1. The maximum atomic E-state index is 11.3. The Bertz CT molecular complexity index is 272. The van der Waals surface area contributed by atoms with Crippen LogP contribution >= 0.6 is 0 Å². The number of rotatable bonds is 10. The largest absolute Gasteiger partial charge is 2.00 e. The van der Waals surface area contributed by atoms with Crippen molar-refractivity contribution < 1.29 is 22.7 Å². The molecule has 4 nitrogen and oxygen atoms in total. The van der Waals surface area contributed by atoms with E-state index >= 15 is 0 Å². The number of aliphatic carboxylic acids is 2. The van der Waals surface area contributed by atoms with Gasteiger partial charge in [0.25, 0.3) is 0 Å². The number of carbonyl (C=O) groups is 2. The van der Waals surface area contributed by atoms with E-state index < -0.39 is 23.3 Å². The summed E-state index contributed by atoms with van der Waals surface area (Å²) in [6, 6.07) is 0. The maximum Gasteiger partial charge on any atom is 2.00 e. The molecule has 0 heterocycles. The van der Waals surface area contributed by atoms with Crippen LogP contribution < -0.4 is 0 Å². The predicted octanol–water partition coefficient (Wildman–Crippen LogP) is 3.39. The van der Waals surface area contributed by atoms with E-state index in [1.54, 1.807) is 13.8 Å². The first-order chi connectivity index (χ1) is 8.39. The summed E-state index contributed by atoms with van der Waals surface area (Å²) >= 11 is 0. The third-order valence-electron chi connectivity index (χ3n) is 3.67. The third-order valence-corrected chi connectivity index (χ3v) is 3.67. The van der Waals surface area contributed by atoms with Crippen LogP contribution in [0.3, 0.4) is 0 Å². The van der Waals surface area contributed by atoms with Crippen LogP contribution in [-0.2, 0) is 9.59 Å². The maximum absolute atomic E-state index is 11.3. The van der Waals surface area contributed by atoms with Crippen LogP contribution in [0, 0.1) is 11.3 Å². The third kappa shape index (κ3) is 6.46. The van der Waals surface area contributed by atoms with Crippen molar-refractivity contribution in [3.63, 3.8) is 0 Å². The average molecular weight is 300 g/mol. The van der Waals surface area contributed by atoms with Crippen LogP contribution in [0.2, 0.25) is 0 Å². The first-order valence-electron chi connectivity index (χ1n) is 6.86. The molecule has 2 N–H and O–H groups in total. The smallest absolute Gasteiger partial charge is 1.00 e. The average Bonchev–Trinajstić information content (AvgIpc) is 2.26. The zero-order chi connectivity index (χ0) is 14.2. The second kappa shape index (κ2) is 10.9. The van der Waals surface area contributed by atoms with E-state index in [0.717, 1.165) is 19.3 Å². The Morgan fingerprint density at radius 3 is 1.79 bits per heavy atom. The van der Waals surface area contributed by atoms with Crippen molar-refractivity contribution in [2.45, 2.75) is 65.7 Å². The summed E-state index contributed by atoms with van der Waals surface area (Å²) in [5.41, 5.74) is -1.62. The van der Waals surface area contributed by atoms with Crippen LogP contribution in [0.5, 0.6) is 0 Å².